The molecule has 1 rings (SSSR count). The Hall–Kier alpha value is -1.31. The number of hydrogen-bond donors (Lipinski definition) is 1. The highest BCUT2D eigenvalue weighted by Gasteiger charge is 2.20. The first-order chi connectivity index (χ1) is 6.39. The monoisotopic (exact) mass is 191 g/mol. The Kier molecular flexibility index (Phi) is 2.94. The van der Waals surface area contributed by atoms with E-state index in [0.29, 0.717) is 12.1 Å². The number of anilines is 1. The van der Waals surface area contributed by atoms with Crippen molar-refractivity contribution in [3.63, 3.8) is 0 Å². The molecule has 0 saturated carbocycles. The predicted octanol–water partition coefficient (Wildman–Crippen LogP) is 2.43. The van der Waals surface area contributed by atoms with Gasteiger partial charge in [0.2, 0.25) is 0 Å². The Morgan fingerprint density at radius 3 is 2.50 bits per heavy atom. The second kappa shape index (κ2) is 3.82. The lowest BCUT2D eigenvalue weighted by atomic mass is 9.87. The Morgan fingerprint density at radius 1 is 1.36 bits per heavy atom. The van der Waals surface area contributed by atoms with Gasteiger partial charge in [0, 0.05) is 17.5 Å². The predicted molar refractivity (Wildman–Crippen MR) is 59.0 cm³/mol. The molecule has 2 nitrogen and oxygen atoms in total. The Morgan fingerprint density at radius 2 is 2.00 bits per heavy atom. The summed E-state index contributed by atoms with van der Waals surface area (Å²) in [4.78, 5) is 11.7. The number of rotatable bonds is 2. The van der Waals surface area contributed by atoms with Gasteiger partial charge in [-0.3, -0.25) is 4.79 Å². The molecule has 76 valence electrons. The van der Waals surface area contributed by atoms with E-state index in [1.165, 1.54) is 0 Å². The van der Waals surface area contributed by atoms with Gasteiger partial charge in [0.15, 0.2) is 0 Å². The summed E-state index contributed by atoms with van der Waals surface area (Å²) >= 11 is 0. The summed E-state index contributed by atoms with van der Waals surface area (Å²) in [5, 5.41) is 0. The first-order valence-corrected chi connectivity index (χ1v) is 4.77. The molecule has 2 heteroatoms. The number of nitrogen functional groups attached to an aromatic ring is 1. The van der Waals surface area contributed by atoms with Crippen molar-refractivity contribution < 1.29 is 4.79 Å². The van der Waals surface area contributed by atoms with Crippen LogP contribution in [0.2, 0.25) is 0 Å². The van der Waals surface area contributed by atoms with Crippen molar-refractivity contribution in [2.24, 2.45) is 5.41 Å². The van der Waals surface area contributed by atoms with Gasteiger partial charge in [0.25, 0.3) is 0 Å². The molecule has 0 radical (unpaired) electrons. The van der Waals surface area contributed by atoms with Crippen LogP contribution in [0.3, 0.4) is 0 Å². The third-order valence-electron chi connectivity index (χ3n) is 2.15. The highest BCUT2D eigenvalue weighted by molar-refractivity contribution is 5.85. The third kappa shape index (κ3) is 2.87. The highest BCUT2D eigenvalue weighted by atomic mass is 16.1. The SMILES string of the molecule is CC(C)(C)C(=O)Cc1cccc(N)c1. The number of ketones is 1. The van der Waals surface area contributed by atoms with Crippen molar-refractivity contribution in [2.45, 2.75) is 27.2 Å². The Labute approximate surface area is 85.1 Å². The Bertz CT molecular complexity index is 336. The fourth-order valence-corrected chi connectivity index (χ4v) is 1.15. The molecule has 0 spiro atoms. The fourth-order valence-electron chi connectivity index (χ4n) is 1.15. The van der Waals surface area contributed by atoms with E-state index in [9.17, 15) is 4.79 Å². The minimum absolute atomic E-state index is 0.239. The molecule has 0 saturated heterocycles. The van der Waals surface area contributed by atoms with Gasteiger partial charge < -0.3 is 5.73 Å². The van der Waals surface area contributed by atoms with E-state index >= 15 is 0 Å². The summed E-state index contributed by atoms with van der Waals surface area (Å²) in [5.41, 5.74) is 7.06. The van der Waals surface area contributed by atoms with Crippen molar-refractivity contribution in [3.8, 4) is 0 Å². The normalized spacial score (nSPS) is 11.4. The maximum absolute atomic E-state index is 11.7. The zero-order valence-electron chi connectivity index (χ0n) is 9.00. The van der Waals surface area contributed by atoms with Crippen LogP contribution in [0.4, 0.5) is 5.69 Å². The summed E-state index contributed by atoms with van der Waals surface area (Å²) < 4.78 is 0. The van der Waals surface area contributed by atoms with Crippen LogP contribution in [0.1, 0.15) is 26.3 Å². The minimum Gasteiger partial charge on any atom is -0.399 e. The number of benzene rings is 1. The van der Waals surface area contributed by atoms with Gasteiger partial charge in [0.05, 0.1) is 0 Å². The molecule has 0 aliphatic rings. The van der Waals surface area contributed by atoms with Gasteiger partial charge >= 0.3 is 0 Å². The maximum Gasteiger partial charge on any atom is 0.142 e. The molecular formula is C12H17NO. The van der Waals surface area contributed by atoms with Crippen molar-refractivity contribution in [1.29, 1.82) is 0 Å². The average molecular weight is 191 g/mol. The number of Topliss-reactive ketones (excluding diaryl/α,β-unsaturated/α-hetero) is 1. The molecule has 0 fully saturated rings. The van der Waals surface area contributed by atoms with Gasteiger partial charge in [-0.15, -0.1) is 0 Å². The van der Waals surface area contributed by atoms with Crippen molar-refractivity contribution in [1.82, 2.24) is 0 Å². The van der Waals surface area contributed by atoms with Crippen molar-refractivity contribution >= 4 is 11.5 Å². The van der Waals surface area contributed by atoms with Gasteiger partial charge in [-0.05, 0) is 17.7 Å². The van der Waals surface area contributed by atoms with E-state index < -0.39 is 0 Å². The van der Waals surface area contributed by atoms with Crippen LogP contribution in [-0.4, -0.2) is 5.78 Å². The molecule has 0 amide bonds. The molecule has 0 aliphatic heterocycles. The van der Waals surface area contributed by atoms with E-state index in [0.717, 1.165) is 5.56 Å². The van der Waals surface area contributed by atoms with Crippen LogP contribution in [0, 0.1) is 5.41 Å². The molecule has 14 heavy (non-hydrogen) atoms. The zero-order chi connectivity index (χ0) is 10.8. The van der Waals surface area contributed by atoms with E-state index in [1.54, 1.807) is 0 Å². The lowest BCUT2D eigenvalue weighted by Crippen LogP contribution is -2.22. The minimum atomic E-state index is -0.273. The molecule has 2 N–H and O–H groups in total. The molecule has 0 aromatic heterocycles. The summed E-state index contributed by atoms with van der Waals surface area (Å²) in [6.45, 7) is 5.80. The average Bonchev–Trinajstić information content (AvgIpc) is 2.02. The number of nitrogens with two attached hydrogens (primary N) is 1. The van der Waals surface area contributed by atoms with Crippen LogP contribution in [0.15, 0.2) is 24.3 Å². The fraction of sp³-hybridized carbons (Fsp3) is 0.417. The van der Waals surface area contributed by atoms with E-state index in [-0.39, 0.29) is 11.2 Å². The van der Waals surface area contributed by atoms with Crippen molar-refractivity contribution in [3.05, 3.63) is 29.8 Å². The van der Waals surface area contributed by atoms with Crippen LogP contribution in [0.25, 0.3) is 0 Å². The summed E-state index contributed by atoms with van der Waals surface area (Å²) in [6, 6.07) is 7.48. The molecule has 0 unspecified atom stereocenters. The van der Waals surface area contributed by atoms with Gasteiger partial charge in [-0.25, -0.2) is 0 Å². The summed E-state index contributed by atoms with van der Waals surface area (Å²) in [5.74, 6) is 0.239. The number of carbonyl (C=O) groups excluding carboxylic acids is 1. The first kappa shape index (κ1) is 10.8. The summed E-state index contributed by atoms with van der Waals surface area (Å²) in [7, 11) is 0. The standard InChI is InChI=1S/C12H17NO/c1-12(2,3)11(14)8-9-5-4-6-10(13)7-9/h4-7H,8,13H2,1-3H3. The second-order valence-corrected chi connectivity index (χ2v) is 4.59. The summed E-state index contributed by atoms with van der Waals surface area (Å²) in [6.07, 6.45) is 0.467. The second-order valence-electron chi connectivity index (χ2n) is 4.59. The lowest BCUT2D eigenvalue weighted by molar-refractivity contribution is -0.125. The molecule has 0 atom stereocenters. The highest BCUT2D eigenvalue weighted by Crippen LogP contribution is 2.18. The Balaban J connectivity index is 2.75. The van der Waals surface area contributed by atoms with E-state index in [4.69, 9.17) is 5.73 Å². The topological polar surface area (TPSA) is 43.1 Å². The third-order valence-corrected chi connectivity index (χ3v) is 2.15. The van der Waals surface area contributed by atoms with E-state index in [1.807, 2.05) is 45.0 Å². The molecular weight excluding hydrogens is 174 g/mol. The smallest absolute Gasteiger partial charge is 0.142 e. The quantitative estimate of drug-likeness (QED) is 0.729. The van der Waals surface area contributed by atoms with Crippen LogP contribution >= 0.6 is 0 Å². The number of hydrogen-bond acceptors (Lipinski definition) is 2. The van der Waals surface area contributed by atoms with Gasteiger partial charge in [0.1, 0.15) is 5.78 Å². The molecule has 1 aromatic rings. The van der Waals surface area contributed by atoms with Crippen LogP contribution in [0.5, 0.6) is 0 Å². The van der Waals surface area contributed by atoms with Gasteiger partial charge in [-0.2, -0.15) is 0 Å². The lowest BCUT2D eigenvalue weighted by Gasteiger charge is -2.16. The largest absolute Gasteiger partial charge is 0.399 e. The van der Waals surface area contributed by atoms with Crippen LogP contribution < -0.4 is 5.73 Å². The van der Waals surface area contributed by atoms with Crippen molar-refractivity contribution in [2.75, 3.05) is 5.73 Å². The van der Waals surface area contributed by atoms with Crippen LogP contribution in [-0.2, 0) is 11.2 Å². The molecule has 0 heterocycles. The number of carbonyl (C=O) groups is 1. The zero-order valence-corrected chi connectivity index (χ0v) is 9.00. The maximum atomic E-state index is 11.7. The van der Waals surface area contributed by atoms with Gasteiger partial charge in [-0.1, -0.05) is 32.9 Å². The molecule has 1 aromatic carbocycles. The first-order valence-electron chi connectivity index (χ1n) is 4.77. The molecule has 0 bridgehead atoms. The van der Waals surface area contributed by atoms with E-state index in [2.05, 4.69) is 0 Å². The molecule has 0 aliphatic carbocycles.